The van der Waals surface area contributed by atoms with E-state index in [2.05, 4.69) is 54.6 Å². The second-order valence-corrected chi connectivity index (χ2v) is 13.0. The normalized spacial score (nSPS) is 16.6. The van der Waals surface area contributed by atoms with Crippen LogP contribution in [0, 0.1) is 5.41 Å². The Kier molecular flexibility index (Phi) is 7.52. The van der Waals surface area contributed by atoms with Gasteiger partial charge < -0.3 is 14.3 Å². The van der Waals surface area contributed by atoms with Gasteiger partial charge in [0.15, 0.2) is 14.4 Å². The van der Waals surface area contributed by atoms with Crippen LogP contribution in [0.2, 0.25) is 18.1 Å². The molecule has 0 unspecified atom stereocenters. The lowest BCUT2D eigenvalue weighted by Gasteiger charge is -2.39. The number of ether oxygens (including phenoxy) is 1. The van der Waals surface area contributed by atoms with Gasteiger partial charge in [0.1, 0.15) is 6.10 Å². The molecule has 22 heavy (non-hydrogen) atoms. The summed E-state index contributed by atoms with van der Waals surface area (Å²) in [4.78, 5) is 11.9. The molecule has 2 atom stereocenters. The second kappa shape index (κ2) is 7.75. The molecule has 0 amide bonds. The summed E-state index contributed by atoms with van der Waals surface area (Å²) in [6, 6.07) is 0. The molecular weight excluding hydrogens is 296 g/mol. The van der Waals surface area contributed by atoms with E-state index in [9.17, 15) is 9.90 Å². The predicted molar refractivity (Wildman–Crippen MR) is 93.3 cm³/mol. The van der Waals surface area contributed by atoms with Crippen LogP contribution in [-0.4, -0.2) is 38.2 Å². The summed E-state index contributed by atoms with van der Waals surface area (Å²) in [5.74, 6) is -0.634. The Bertz CT molecular complexity index is 388. The molecule has 1 N–H and O–H groups in total. The van der Waals surface area contributed by atoms with Crippen LogP contribution in [0.3, 0.4) is 0 Å². The third kappa shape index (κ3) is 7.07. The van der Waals surface area contributed by atoms with E-state index in [0.29, 0.717) is 0 Å². The van der Waals surface area contributed by atoms with Crippen molar-refractivity contribution in [1.82, 2.24) is 0 Å². The third-order valence-corrected chi connectivity index (χ3v) is 8.34. The van der Waals surface area contributed by atoms with Crippen LogP contribution in [0.15, 0.2) is 12.2 Å². The van der Waals surface area contributed by atoms with E-state index in [4.69, 9.17) is 9.16 Å². The van der Waals surface area contributed by atoms with Gasteiger partial charge in [-0.3, -0.25) is 0 Å². The lowest BCUT2D eigenvalue weighted by molar-refractivity contribution is -0.156. The minimum Gasteiger partial charge on any atom is -0.464 e. The van der Waals surface area contributed by atoms with Gasteiger partial charge in [-0.25, -0.2) is 4.79 Å². The Morgan fingerprint density at radius 3 is 2.05 bits per heavy atom. The van der Waals surface area contributed by atoms with Crippen molar-refractivity contribution in [3.8, 4) is 0 Å². The van der Waals surface area contributed by atoms with E-state index in [1.165, 1.54) is 0 Å². The summed E-state index contributed by atoms with van der Waals surface area (Å²) in [6.07, 6.45) is 1.78. The molecule has 130 valence electrons. The topological polar surface area (TPSA) is 55.8 Å². The van der Waals surface area contributed by atoms with Crippen molar-refractivity contribution in [1.29, 1.82) is 0 Å². The minimum atomic E-state index is -2.11. The lowest BCUT2D eigenvalue weighted by Crippen LogP contribution is -2.48. The molecule has 0 aromatic rings. The van der Waals surface area contributed by atoms with E-state index in [1.807, 2.05) is 6.08 Å². The highest BCUT2D eigenvalue weighted by molar-refractivity contribution is 6.74. The van der Waals surface area contributed by atoms with Crippen molar-refractivity contribution in [3.63, 3.8) is 0 Å². The van der Waals surface area contributed by atoms with Crippen LogP contribution in [0.25, 0.3) is 0 Å². The zero-order chi connectivity index (χ0) is 17.8. The molecule has 0 saturated carbocycles. The highest BCUT2D eigenvalue weighted by Gasteiger charge is 2.41. The highest BCUT2D eigenvalue weighted by atomic mass is 28.4. The molecule has 0 heterocycles. The fourth-order valence-corrected chi connectivity index (χ4v) is 2.71. The zero-order valence-electron chi connectivity index (χ0n) is 15.7. The maximum atomic E-state index is 11.9. The van der Waals surface area contributed by atoms with Crippen LogP contribution in [-0.2, 0) is 14.0 Å². The van der Waals surface area contributed by atoms with Crippen LogP contribution in [0.5, 0.6) is 0 Å². The molecule has 0 aliphatic carbocycles. The summed E-state index contributed by atoms with van der Waals surface area (Å²) in [5, 5.41) is 10.3. The molecule has 4 nitrogen and oxygen atoms in total. The van der Waals surface area contributed by atoms with Crippen molar-refractivity contribution in [3.05, 3.63) is 12.2 Å². The average Bonchev–Trinajstić information content (AvgIpc) is 2.31. The Morgan fingerprint density at radius 2 is 1.68 bits per heavy atom. The van der Waals surface area contributed by atoms with Crippen molar-refractivity contribution in [2.45, 2.75) is 78.8 Å². The third-order valence-electron chi connectivity index (χ3n) is 3.86. The minimum absolute atomic E-state index is 0.00476. The van der Waals surface area contributed by atoms with Gasteiger partial charge in [0.2, 0.25) is 0 Å². The number of hydrogen-bond donors (Lipinski definition) is 1. The van der Waals surface area contributed by atoms with Gasteiger partial charge in [-0.15, -0.1) is 0 Å². The molecule has 0 aliphatic heterocycles. The summed E-state index contributed by atoms with van der Waals surface area (Å²) >= 11 is 0. The van der Waals surface area contributed by atoms with Gasteiger partial charge in [-0.1, -0.05) is 53.7 Å². The van der Waals surface area contributed by atoms with Gasteiger partial charge in [0, 0.05) is 0 Å². The lowest BCUT2D eigenvalue weighted by atomic mass is 9.95. The van der Waals surface area contributed by atoms with E-state index in [1.54, 1.807) is 13.0 Å². The van der Waals surface area contributed by atoms with Crippen molar-refractivity contribution in [2.24, 2.45) is 5.41 Å². The summed E-state index contributed by atoms with van der Waals surface area (Å²) < 4.78 is 11.2. The van der Waals surface area contributed by atoms with Gasteiger partial charge in [-0.05, 0) is 30.5 Å². The van der Waals surface area contributed by atoms with Crippen LogP contribution in [0.1, 0.15) is 48.5 Å². The fourth-order valence-electron chi connectivity index (χ4n) is 1.47. The number of esters is 1. The summed E-state index contributed by atoms with van der Waals surface area (Å²) in [7, 11) is -2.11. The Morgan fingerprint density at radius 1 is 1.18 bits per heavy atom. The van der Waals surface area contributed by atoms with Gasteiger partial charge >= 0.3 is 5.97 Å². The predicted octanol–water partition coefficient (Wildman–Crippen LogP) is 3.90. The van der Waals surface area contributed by atoms with Crippen LogP contribution < -0.4 is 0 Å². The molecule has 0 aliphatic rings. The Hall–Kier alpha value is -0.653. The smallest absolute Gasteiger partial charge is 0.338 e. The molecule has 0 spiro atoms. The second-order valence-electron chi connectivity index (χ2n) is 8.26. The molecule has 0 fully saturated rings. The quantitative estimate of drug-likeness (QED) is 0.456. The standard InChI is InChI=1S/C17H34O4Si/c1-10-20-15(19)14(18)13(11-12-16(2,3)4)21-22(8,9)17(5,6)7/h11-14,18H,10H2,1-9H3/b12-11-/t13-,14+/m0/s1. The van der Waals surface area contributed by atoms with Crippen molar-refractivity contribution in [2.75, 3.05) is 6.61 Å². The van der Waals surface area contributed by atoms with Gasteiger partial charge in [0.25, 0.3) is 0 Å². The van der Waals surface area contributed by atoms with E-state index in [-0.39, 0.29) is 17.1 Å². The maximum Gasteiger partial charge on any atom is 0.338 e. The SMILES string of the molecule is CCOC(=O)[C@H](O)[C@H](/C=C\C(C)(C)C)O[Si](C)(C)C(C)(C)C. The Labute approximate surface area is 137 Å². The van der Waals surface area contributed by atoms with Crippen molar-refractivity contribution < 1.29 is 19.1 Å². The van der Waals surface area contributed by atoms with Gasteiger partial charge in [-0.2, -0.15) is 0 Å². The number of carbonyl (C=O) groups excluding carboxylic acids is 1. The fraction of sp³-hybridized carbons (Fsp3) is 0.824. The van der Waals surface area contributed by atoms with E-state index >= 15 is 0 Å². The van der Waals surface area contributed by atoms with Crippen molar-refractivity contribution >= 4 is 14.3 Å². The monoisotopic (exact) mass is 330 g/mol. The summed E-state index contributed by atoms with van der Waals surface area (Å²) in [5.41, 5.74) is -0.0522. The molecule has 0 aromatic heterocycles. The van der Waals surface area contributed by atoms with Crippen LogP contribution in [0.4, 0.5) is 0 Å². The average molecular weight is 331 g/mol. The van der Waals surface area contributed by atoms with Crippen LogP contribution >= 0.6 is 0 Å². The molecule has 0 bridgehead atoms. The summed E-state index contributed by atoms with van der Waals surface area (Å²) in [6.45, 7) is 18.7. The zero-order valence-corrected chi connectivity index (χ0v) is 16.7. The number of allylic oxidation sites excluding steroid dienone is 1. The molecule has 0 aromatic carbocycles. The largest absolute Gasteiger partial charge is 0.464 e. The molecule has 0 radical (unpaired) electrons. The maximum absolute atomic E-state index is 11.9. The molecule has 5 heteroatoms. The highest BCUT2D eigenvalue weighted by Crippen LogP contribution is 2.38. The number of aliphatic hydroxyl groups is 1. The first-order chi connectivity index (χ1) is 9.71. The number of aliphatic hydroxyl groups excluding tert-OH is 1. The number of carbonyl (C=O) groups is 1. The number of hydrogen-bond acceptors (Lipinski definition) is 4. The molecule has 0 rings (SSSR count). The van der Waals surface area contributed by atoms with E-state index < -0.39 is 26.5 Å². The first-order valence-electron chi connectivity index (χ1n) is 7.93. The first kappa shape index (κ1) is 21.3. The van der Waals surface area contributed by atoms with Gasteiger partial charge in [0.05, 0.1) is 6.61 Å². The molecular formula is C17H34O4Si. The Balaban J connectivity index is 5.35. The first-order valence-corrected chi connectivity index (χ1v) is 10.8. The van der Waals surface area contributed by atoms with E-state index in [0.717, 1.165) is 0 Å². The molecule has 0 saturated heterocycles. The number of rotatable bonds is 6.